The quantitative estimate of drug-likeness (QED) is 0.481. The SMILES string of the molecule is O=CO.OCC(F)(F)F. The zero-order valence-corrected chi connectivity index (χ0v) is 4.22. The van der Waals surface area contributed by atoms with Crippen LogP contribution in [0.4, 0.5) is 13.2 Å². The Bertz CT molecular complexity index is 69.2. The molecular weight excluding hydrogens is 141 g/mol. The molecule has 0 unspecified atom stereocenters. The van der Waals surface area contributed by atoms with E-state index in [1.54, 1.807) is 0 Å². The maximum absolute atomic E-state index is 10.5. The lowest BCUT2D eigenvalue weighted by molar-refractivity contribution is -0.159. The van der Waals surface area contributed by atoms with Crippen LogP contribution in [-0.2, 0) is 4.79 Å². The van der Waals surface area contributed by atoms with Gasteiger partial charge < -0.3 is 10.2 Å². The van der Waals surface area contributed by atoms with Crippen LogP contribution >= 0.6 is 0 Å². The summed E-state index contributed by atoms with van der Waals surface area (Å²) < 4.78 is 31.6. The third-order valence-electron chi connectivity index (χ3n) is 0.179. The van der Waals surface area contributed by atoms with Crippen LogP contribution in [0.3, 0.4) is 0 Å². The van der Waals surface area contributed by atoms with Gasteiger partial charge >= 0.3 is 6.18 Å². The van der Waals surface area contributed by atoms with Crippen molar-refractivity contribution in [3.63, 3.8) is 0 Å². The smallest absolute Gasteiger partial charge is 0.411 e. The summed E-state index contributed by atoms with van der Waals surface area (Å²) >= 11 is 0. The molecule has 0 aromatic carbocycles. The summed E-state index contributed by atoms with van der Waals surface area (Å²) in [6, 6.07) is 0. The maximum atomic E-state index is 10.5. The number of halogens is 3. The molecule has 0 atom stereocenters. The summed E-state index contributed by atoms with van der Waals surface area (Å²) in [6.07, 6.45) is -4.40. The van der Waals surface area contributed by atoms with Crippen molar-refractivity contribution in [3.05, 3.63) is 0 Å². The van der Waals surface area contributed by atoms with Gasteiger partial charge in [0.25, 0.3) is 6.47 Å². The lowest BCUT2D eigenvalue weighted by Gasteiger charge is -1.95. The van der Waals surface area contributed by atoms with E-state index in [0.717, 1.165) is 0 Å². The van der Waals surface area contributed by atoms with Crippen molar-refractivity contribution < 1.29 is 28.2 Å². The first-order valence-corrected chi connectivity index (χ1v) is 1.73. The minimum Gasteiger partial charge on any atom is -0.483 e. The first-order valence-electron chi connectivity index (χ1n) is 1.73. The van der Waals surface area contributed by atoms with Gasteiger partial charge in [0.1, 0.15) is 6.61 Å². The molecule has 6 heteroatoms. The van der Waals surface area contributed by atoms with Gasteiger partial charge in [0.2, 0.25) is 0 Å². The number of aliphatic hydroxyl groups is 1. The Morgan fingerprint density at radius 1 is 1.44 bits per heavy atom. The number of alkyl halides is 3. The van der Waals surface area contributed by atoms with Crippen molar-refractivity contribution in [2.75, 3.05) is 6.61 Å². The Morgan fingerprint density at radius 2 is 1.56 bits per heavy atom. The zero-order chi connectivity index (χ0) is 7.91. The summed E-state index contributed by atoms with van der Waals surface area (Å²) in [4.78, 5) is 8.36. The normalized spacial score (nSPS) is 9.33. The molecule has 0 aliphatic heterocycles. The summed E-state index contributed by atoms with van der Waals surface area (Å²) in [5, 5.41) is 14.2. The minimum atomic E-state index is -4.40. The Morgan fingerprint density at radius 3 is 1.56 bits per heavy atom. The standard InChI is InChI=1S/C2H3F3O.CH2O2/c3-2(4,5)1-6;2-1-3/h6H,1H2;1H,(H,2,3). The van der Waals surface area contributed by atoms with E-state index in [4.69, 9.17) is 15.0 Å². The average Bonchev–Trinajstić information content (AvgIpc) is 1.67. The number of carboxylic acid groups (broad SMARTS) is 1. The lowest BCUT2D eigenvalue weighted by Crippen LogP contribution is -2.12. The highest BCUT2D eigenvalue weighted by atomic mass is 19.4. The van der Waals surface area contributed by atoms with Crippen molar-refractivity contribution in [2.45, 2.75) is 6.18 Å². The second-order valence-electron chi connectivity index (χ2n) is 0.879. The van der Waals surface area contributed by atoms with Gasteiger partial charge in [-0.3, -0.25) is 4.79 Å². The van der Waals surface area contributed by atoms with Gasteiger partial charge in [-0.1, -0.05) is 0 Å². The molecule has 0 aliphatic carbocycles. The third-order valence-corrected chi connectivity index (χ3v) is 0.179. The van der Waals surface area contributed by atoms with Gasteiger partial charge in [-0.15, -0.1) is 0 Å². The zero-order valence-electron chi connectivity index (χ0n) is 4.22. The van der Waals surface area contributed by atoms with Crippen molar-refractivity contribution in [1.82, 2.24) is 0 Å². The van der Waals surface area contributed by atoms with Gasteiger partial charge in [-0.05, 0) is 0 Å². The summed E-state index contributed by atoms with van der Waals surface area (Å²) in [5.74, 6) is 0. The Kier molecular flexibility index (Phi) is 6.59. The van der Waals surface area contributed by atoms with Gasteiger partial charge in [0.15, 0.2) is 0 Å². The van der Waals surface area contributed by atoms with Crippen LogP contribution < -0.4 is 0 Å². The van der Waals surface area contributed by atoms with Gasteiger partial charge in [0, 0.05) is 0 Å². The van der Waals surface area contributed by atoms with Crippen molar-refractivity contribution in [3.8, 4) is 0 Å². The Labute approximate surface area is 48.7 Å². The summed E-state index contributed by atoms with van der Waals surface area (Å²) in [7, 11) is 0. The van der Waals surface area contributed by atoms with E-state index in [1.807, 2.05) is 0 Å². The number of hydrogen-bond donors (Lipinski definition) is 2. The highest BCUT2D eigenvalue weighted by molar-refractivity contribution is 5.32. The Hall–Kier alpha value is -0.780. The van der Waals surface area contributed by atoms with E-state index in [9.17, 15) is 13.2 Å². The minimum absolute atomic E-state index is 0.250. The van der Waals surface area contributed by atoms with E-state index in [0.29, 0.717) is 0 Å². The molecule has 0 bridgehead atoms. The van der Waals surface area contributed by atoms with Crippen LogP contribution in [0.2, 0.25) is 0 Å². The second-order valence-corrected chi connectivity index (χ2v) is 0.879. The van der Waals surface area contributed by atoms with Crippen LogP contribution in [0.25, 0.3) is 0 Å². The molecule has 3 nitrogen and oxygen atoms in total. The molecule has 0 fully saturated rings. The molecule has 56 valence electrons. The van der Waals surface area contributed by atoms with Gasteiger partial charge in [0.05, 0.1) is 0 Å². The molecule has 0 saturated heterocycles. The molecule has 2 N–H and O–H groups in total. The average molecular weight is 146 g/mol. The monoisotopic (exact) mass is 146 g/mol. The largest absolute Gasteiger partial charge is 0.483 e. The molecule has 0 aliphatic rings. The molecule has 0 saturated carbocycles. The fourth-order valence-electron chi connectivity index (χ4n) is 0. The molecule has 0 radical (unpaired) electrons. The molecule has 0 heterocycles. The highest BCUT2D eigenvalue weighted by Crippen LogP contribution is 2.11. The van der Waals surface area contributed by atoms with E-state index in [2.05, 4.69) is 0 Å². The van der Waals surface area contributed by atoms with Crippen LogP contribution in [0.15, 0.2) is 0 Å². The first-order chi connectivity index (χ1) is 3.97. The third kappa shape index (κ3) is 39.9. The second kappa shape index (κ2) is 5.36. The molecular formula is C3H5F3O3. The topological polar surface area (TPSA) is 57.5 Å². The Balaban J connectivity index is 0. The summed E-state index contributed by atoms with van der Waals surface area (Å²) in [5.41, 5.74) is 0. The van der Waals surface area contributed by atoms with E-state index in [-0.39, 0.29) is 6.47 Å². The van der Waals surface area contributed by atoms with Crippen LogP contribution in [0, 0.1) is 0 Å². The lowest BCUT2D eigenvalue weighted by atomic mass is 10.7. The van der Waals surface area contributed by atoms with E-state index in [1.165, 1.54) is 0 Å². The molecule has 0 rings (SSSR count). The van der Waals surface area contributed by atoms with Crippen LogP contribution in [0.1, 0.15) is 0 Å². The number of hydrogen-bond acceptors (Lipinski definition) is 2. The number of carbonyl (C=O) groups is 1. The van der Waals surface area contributed by atoms with Crippen molar-refractivity contribution >= 4 is 6.47 Å². The molecule has 0 spiro atoms. The van der Waals surface area contributed by atoms with E-state index >= 15 is 0 Å². The van der Waals surface area contributed by atoms with Crippen LogP contribution in [0.5, 0.6) is 0 Å². The summed E-state index contributed by atoms with van der Waals surface area (Å²) in [6.45, 7) is -1.98. The number of aliphatic hydroxyl groups excluding tert-OH is 1. The predicted octanol–water partition coefficient (Wildman–Crippen LogP) is 0.242. The van der Waals surface area contributed by atoms with Crippen LogP contribution in [-0.4, -0.2) is 29.5 Å². The fraction of sp³-hybridized carbons (Fsp3) is 0.667. The highest BCUT2D eigenvalue weighted by Gasteiger charge is 2.24. The fourth-order valence-corrected chi connectivity index (χ4v) is 0. The van der Waals surface area contributed by atoms with Crippen molar-refractivity contribution in [1.29, 1.82) is 0 Å². The first kappa shape index (κ1) is 11.1. The molecule has 9 heavy (non-hydrogen) atoms. The molecule has 0 aromatic rings. The van der Waals surface area contributed by atoms with Gasteiger partial charge in [-0.25, -0.2) is 0 Å². The number of rotatable bonds is 0. The van der Waals surface area contributed by atoms with Crippen molar-refractivity contribution in [2.24, 2.45) is 0 Å². The van der Waals surface area contributed by atoms with Gasteiger partial charge in [-0.2, -0.15) is 13.2 Å². The predicted molar refractivity (Wildman–Crippen MR) is 21.8 cm³/mol. The maximum Gasteiger partial charge on any atom is 0.411 e. The molecule has 0 amide bonds. The molecule has 0 aromatic heterocycles. The van der Waals surface area contributed by atoms with E-state index < -0.39 is 12.8 Å².